The van der Waals surface area contributed by atoms with Gasteiger partial charge in [-0.2, -0.15) is 0 Å². The Labute approximate surface area is 85.6 Å². The first-order valence-corrected chi connectivity index (χ1v) is 4.92. The van der Waals surface area contributed by atoms with Crippen molar-refractivity contribution in [3.63, 3.8) is 0 Å². The third kappa shape index (κ3) is 2.80. The lowest BCUT2D eigenvalue weighted by molar-refractivity contribution is 0.949. The second-order valence-corrected chi connectivity index (χ2v) is 3.57. The highest BCUT2D eigenvalue weighted by molar-refractivity contribution is 5.26. The Bertz CT molecular complexity index is 319. The Balaban J connectivity index is 2.78. The van der Waals surface area contributed by atoms with E-state index >= 15 is 0 Å². The quantitative estimate of drug-likeness (QED) is 0.766. The molecular weight excluding hydrogens is 172 g/mol. The minimum Gasteiger partial charge on any atom is -0.386 e. The van der Waals surface area contributed by atoms with Crippen molar-refractivity contribution in [2.24, 2.45) is 11.5 Å². The molecule has 0 unspecified atom stereocenters. The molecule has 14 heavy (non-hydrogen) atoms. The molecule has 0 saturated heterocycles. The fraction of sp³-hybridized carbons (Fsp3) is 0.333. The largest absolute Gasteiger partial charge is 0.386 e. The molecule has 0 radical (unpaired) electrons. The molecule has 0 saturated carbocycles. The average molecular weight is 190 g/mol. The predicted molar refractivity (Wildman–Crippen MR) is 60.6 cm³/mol. The first-order valence-electron chi connectivity index (χ1n) is 4.92. The van der Waals surface area contributed by atoms with Crippen molar-refractivity contribution in [1.29, 1.82) is 0 Å². The Hall–Kier alpha value is -1.44. The summed E-state index contributed by atoms with van der Waals surface area (Å²) in [5.41, 5.74) is 14.8. The smallest absolute Gasteiger partial charge is 0.0928 e. The predicted octanol–water partition coefficient (Wildman–Crippen LogP) is 2.08. The van der Waals surface area contributed by atoms with Gasteiger partial charge in [-0.3, -0.25) is 0 Å². The van der Waals surface area contributed by atoms with E-state index in [0.717, 1.165) is 18.4 Å². The second kappa shape index (κ2) is 4.70. The van der Waals surface area contributed by atoms with Crippen LogP contribution < -0.4 is 11.5 Å². The van der Waals surface area contributed by atoms with E-state index in [1.54, 1.807) is 0 Å². The monoisotopic (exact) mass is 190 g/mol. The lowest BCUT2D eigenvalue weighted by Gasteiger charge is -2.07. The summed E-state index contributed by atoms with van der Waals surface area (Å²) in [5.74, 6) is 0.466. The maximum atomic E-state index is 5.58. The van der Waals surface area contributed by atoms with Gasteiger partial charge in [0, 0.05) is 0 Å². The van der Waals surface area contributed by atoms with Gasteiger partial charge in [0.25, 0.3) is 0 Å². The van der Waals surface area contributed by atoms with E-state index in [1.165, 1.54) is 11.1 Å². The molecule has 1 aromatic rings. The van der Waals surface area contributed by atoms with E-state index in [2.05, 4.69) is 38.1 Å². The minimum absolute atomic E-state index is 0.466. The molecule has 0 spiro atoms. The number of hydrogen-bond acceptors (Lipinski definition) is 2. The van der Waals surface area contributed by atoms with Crippen molar-refractivity contribution in [2.45, 2.75) is 26.7 Å². The molecule has 2 nitrogen and oxygen atoms in total. The SMILES string of the molecule is CCC(Cc1ccc(C)cc1)=C(N)N. The summed E-state index contributed by atoms with van der Waals surface area (Å²) < 4.78 is 0. The third-order valence-electron chi connectivity index (χ3n) is 2.37. The molecule has 2 heteroatoms. The van der Waals surface area contributed by atoms with Crippen molar-refractivity contribution >= 4 is 0 Å². The lowest BCUT2D eigenvalue weighted by atomic mass is 10.0. The summed E-state index contributed by atoms with van der Waals surface area (Å²) >= 11 is 0. The van der Waals surface area contributed by atoms with Gasteiger partial charge in [0.15, 0.2) is 0 Å². The molecule has 0 aromatic heterocycles. The molecule has 0 amide bonds. The van der Waals surface area contributed by atoms with E-state index in [9.17, 15) is 0 Å². The standard InChI is InChI=1S/C12H18N2/c1-3-11(12(13)14)8-10-6-4-9(2)5-7-10/h4-7H,3,8,13-14H2,1-2H3. The minimum atomic E-state index is 0.466. The number of allylic oxidation sites excluding steroid dienone is 1. The number of hydrogen-bond donors (Lipinski definition) is 2. The molecule has 0 aliphatic rings. The molecule has 0 heterocycles. The molecular formula is C12H18N2. The molecule has 76 valence electrons. The maximum absolute atomic E-state index is 5.58. The number of aryl methyl sites for hydroxylation is 1. The summed E-state index contributed by atoms with van der Waals surface area (Å²) in [6.07, 6.45) is 1.77. The van der Waals surface area contributed by atoms with Crippen molar-refractivity contribution < 1.29 is 0 Å². The van der Waals surface area contributed by atoms with Gasteiger partial charge in [0.1, 0.15) is 0 Å². The van der Waals surface area contributed by atoms with Crippen LogP contribution in [0.25, 0.3) is 0 Å². The first kappa shape index (κ1) is 10.6. The molecule has 0 fully saturated rings. The Morgan fingerprint density at radius 3 is 2.14 bits per heavy atom. The van der Waals surface area contributed by atoms with Crippen LogP contribution in [0.2, 0.25) is 0 Å². The van der Waals surface area contributed by atoms with Crippen LogP contribution in [0.3, 0.4) is 0 Å². The fourth-order valence-corrected chi connectivity index (χ4v) is 1.38. The zero-order chi connectivity index (χ0) is 10.6. The van der Waals surface area contributed by atoms with E-state index in [-0.39, 0.29) is 0 Å². The highest BCUT2D eigenvalue weighted by atomic mass is 14.8. The Morgan fingerprint density at radius 1 is 1.14 bits per heavy atom. The molecule has 0 bridgehead atoms. The van der Waals surface area contributed by atoms with E-state index in [1.807, 2.05) is 0 Å². The van der Waals surface area contributed by atoms with Gasteiger partial charge in [0.2, 0.25) is 0 Å². The van der Waals surface area contributed by atoms with Gasteiger partial charge in [-0.25, -0.2) is 0 Å². The molecule has 1 aromatic carbocycles. The van der Waals surface area contributed by atoms with Crippen LogP contribution in [-0.4, -0.2) is 0 Å². The van der Waals surface area contributed by atoms with Crippen LogP contribution in [0.1, 0.15) is 24.5 Å². The van der Waals surface area contributed by atoms with Crippen LogP contribution in [0.5, 0.6) is 0 Å². The average Bonchev–Trinajstić information content (AvgIpc) is 2.16. The van der Waals surface area contributed by atoms with Gasteiger partial charge in [-0.05, 0) is 30.9 Å². The van der Waals surface area contributed by atoms with Gasteiger partial charge >= 0.3 is 0 Å². The number of benzene rings is 1. The fourth-order valence-electron chi connectivity index (χ4n) is 1.38. The van der Waals surface area contributed by atoms with Gasteiger partial charge in [-0.1, -0.05) is 36.8 Å². The van der Waals surface area contributed by atoms with Crippen LogP contribution >= 0.6 is 0 Å². The number of nitrogens with two attached hydrogens (primary N) is 2. The van der Waals surface area contributed by atoms with Gasteiger partial charge < -0.3 is 11.5 Å². The highest BCUT2D eigenvalue weighted by Gasteiger charge is 2.00. The Morgan fingerprint density at radius 2 is 1.71 bits per heavy atom. The third-order valence-corrected chi connectivity index (χ3v) is 2.37. The van der Waals surface area contributed by atoms with Crippen LogP contribution in [0.4, 0.5) is 0 Å². The lowest BCUT2D eigenvalue weighted by Crippen LogP contribution is -2.13. The highest BCUT2D eigenvalue weighted by Crippen LogP contribution is 2.12. The first-order chi connectivity index (χ1) is 6.63. The number of rotatable bonds is 3. The summed E-state index contributed by atoms with van der Waals surface area (Å²) in [4.78, 5) is 0. The zero-order valence-electron chi connectivity index (χ0n) is 8.88. The van der Waals surface area contributed by atoms with Crippen molar-refractivity contribution in [1.82, 2.24) is 0 Å². The van der Waals surface area contributed by atoms with Crippen LogP contribution in [0.15, 0.2) is 35.7 Å². The summed E-state index contributed by atoms with van der Waals surface area (Å²) in [6, 6.07) is 8.45. The van der Waals surface area contributed by atoms with E-state index < -0.39 is 0 Å². The second-order valence-electron chi connectivity index (χ2n) is 3.57. The van der Waals surface area contributed by atoms with Crippen molar-refractivity contribution in [2.75, 3.05) is 0 Å². The van der Waals surface area contributed by atoms with Crippen LogP contribution in [-0.2, 0) is 6.42 Å². The molecule has 0 atom stereocenters. The van der Waals surface area contributed by atoms with Crippen molar-refractivity contribution in [3.05, 3.63) is 46.8 Å². The zero-order valence-corrected chi connectivity index (χ0v) is 8.88. The molecule has 4 N–H and O–H groups in total. The molecule has 0 aliphatic carbocycles. The van der Waals surface area contributed by atoms with E-state index in [0.29, 0.717) is 5.82 Å². The summed E-state index contributed by atoms with van der Waals surface area (Å²) in [7, 11) is 0. The van der Waals surface area contributed by atoms with Crippen molar-refractivity contribution in [3.8, 4) is 0 Å². The normalized spacial score (nSPS) is 9.86. The molecule has 1 rings (SSSR count). The Kier molecular flexibility index (Phi) is 3.57. The summed E-state index contributed by atoms with van der Waals surface area (Å²) in [6.45, 7) is 4.15. The van der Waals surface area contributed by atoms with Gasteiger partial charge in [0.05, 0.1) is 5.82 Å². The van der Waals surface area contributed by atoms with E-state index in [4.69, 9.17) is 11.5 Å². The van der Waals surface area contributed by atoms with Gasteiger partial charge in [-0.15, -0.1) is 0 Å². The molecule has 0 aliphatic heterocycles. The topological polar surface area (TPSA) is 52.0 Å². The maximum Gasteiger partial charge on any atom is 0.0928 e. The van der Waals surface area contributed by atoms with Crippen LogP contribution in [0, 0.1) is 6.92 Å². The summed E-state index contributed by atoms with van der Waals surface area (Å²) in [5, 5.41) is 0.